The SMILES string of the molecule is O=C(O)c1ccc2nc(NCC3CSC3)ncc2c1. The minimum absolute atomic E-state index is 0.253. The molecule has 19 heavy (non-hydrogen) atoms. The monoisotopic (exact) mass is 275 g/mol. The topological polar surface area (TPSA) is 75.1 Å². The third-order valence-corrected chi connectivity index (χ3v) is 4.50. The van der Waals surface area contributed by atoms with Gasteiger partial charge in [-0.1, -0.05) is 0 Å². The van der Waals surface area contributed by atoms with Crippen LogP contribution in [0.5, 0.6) is 0 Å². The van der Waals surface area contributed by atoms with Gasteiger partial charge >= 0.3 is 5.97 Å². The molecule has 3 rings (SSSR count). The molecule has 1 fully saturated rings. The molecule has 0 unspecified atom stereocenters. The lowest BCUT2D eigenvalue weighted by atomic mass is 10.1. The van der Waals surface area contributed by atoms with Crippen LogP contribution >= 0.6 is 11.8 Å². The summed E-state index contributed by atoms with van der Waals surface area (Å²) in [6.07, 6.45) is 1.66. The van der Waals surface area contributed by atoms with Crippen molar-refractivity contribution in [2.45, 2.75) is 0 Å². The summed E-state index contributed by atoms with van der Waals surface area (Å²) in [4.78, 5) is 19.5. The number of aromatic carboxylic acids is 1. The summed E-state index contributed by atoms with van der Waals surface area (Å²) in [5, 5.41) is 12.9. The Hall–Kier alpha value is -1.82. The highest BCUT2D eigenvalue weighted by Crippen LogP contribution is 2.24. The number of nitrogens with zero attached hydrogens (tertiary/aromatic N) is 2. The van der Waals surface area contributed by atoms with E-state index in [1.54, 1.807) is 24.4 Å². The van der Waals surface area contributed by atoms with Crippen molar-refractivity contribution in [2.75, 3.05) is 23.4 Å². The Morgan fingerprint density at radius 1 is 1.47 bits per heavy atom. The lowest BCUT2D eigenvalue weighted by Gasteiger charge is -2.24. The molecule has 1 aliphatic rings. The Morgan fingerprint density at radius 2 is 2.32 bits per heavy atom. The third-order valence-electron chi connectivity index (χ3n) is 3.08. The minimum Gasteiger partial charge on any atom is -0.478 e. The van der Waals surface area contributed by atoms with E-state index in [4.69, 9.17) is 5.11 Å². The third kappa shape index (κ3) is 2.63. The van der Waals surface area contributed by atoms with Gasteiger partial charge in [-0.05, 0) is 35.6 Å². The van der Waals surface area contributed by atoms with Crippen molar-refractivity contribution in [1.82, 2.24) is 9.97 Å². The maximum Gasteiger partial charge on any atom is 0.335 e. The normalized spacial score (nSPS) is 15.2. The van der Waals surface area contributed by atoms with Crippen molar-refractivity contribution in [3.63, 3.8) is 0 Å². The summed E-state index contributed by atoms with van der Waals surface area (Å²) in [5.74, 6) is 2.77. The molecule has 0 spiro atoms. The van der Waals surface area contributed by atoms with Crippen molar-refractivity contribution in [1.29, 1.82) is 0 Å². The number of carboxylic acids is 1. The fourth-order valence-electron chi connectivity index (χ4n) is 1.89. The standard InChI is InChI=1S/C13H13N3O2S/c17-12(18)9-1-2-11-10(3-9)5-15-13(16-11)14-4-8-6-19-7-8/h1-3,5,8H,4,6-7H2,(H,17,18)(H,14,15,16). The highest BCUT2D eigenvalue weighted by atomic mass is 32.2. The van der Waals surface area contributed by atoms with Crippen LogP contribution in [0.4, 0.5) is 5.95 Å². The first-order chi connectivity index (χ1) is 9.22. The molecule has 6 heteroatoms. The Bertz CT molecular complexity index is 628. The molecular formula is C13H13N3O2S. The molecule has 2 heterocycles. The second-order valence-electron chi connectivity index (χ2n) is 4.56. The average molecular weight is 275 g/mol. The lowest BCUT2D eigenvalue weighted by Crippen LogP contribution is -2.26. The molecule has 0 amide bonds. The van der Waals surface area contributed by atoms with Crippen LogP contribution in [-0.4, -0.2) is 39.1 Å². The maximum atomic E-state index is 10.9. The van der Waals surface area contributed by atoms with Gasteiger partial charge in [0, 0.05) is 18.1 Å². The number of hydrogen-bond donors (Lipinski definition) is 2. The van der Waals surface area contributed by atoms with Crippen LogP contribution < -0.4 is 5.32 Å². The molecule has 0 saturated carbocycles. The van der Waals surface area contributed by atoms with Crippen molar-refractivity contribution in [3.05, 3.63) is 30.0 Å². The zero-order valence-electron chi connectivity index (χ0n) is 10.2. The number of aromatic nitrogens is 2. The maximum absolute atomic E-state index is 10.9. The Morgan fingerprint density at radius 3 is 3.00 bits per heavy atom. The molecule has 1 aromatic heterocycles. The first-order valence-electron chi connectivity index (χ1n) is 6.04. The van der Waals surface area contributed by atoms with Crippen molar-refractivity contribution in [3.8, 4) is 0 Å². The fourth-order valence-corrected chi connectivity index (χ4v) is 2.69. The van der Waals surface area contributed by atoms with Crippen LogP contribution in [0, 0.1) is 5.92 Å². The number of benzene rings is 1. The van der Waals surface area contributed by atoms with E-state index in [1.165, 1.54) is 11.5 Å². The molecule has 1 saturated heterocycles. The van der Waals surface area contributed by atoms with Crippen LogP contribution in [0.2, 0.25) is 0 Å². The first-order valence-corrected chi connectivity index (χ1v) is 7.19. The number of rotatable bonds is 4. The molecular weight excluding hydrogens is 262 g/mol. The van der Waals surface area contributed by atoms with E-state index in [0.29, 0.717) is 11.9 Å². The Labute approximate surface area is 114 Å². The summed E-state index contributed by atoms with van der Waals surface area (Å²) >= 11 is 1.95. The molecule has 1 aliphatic heterocycles. The molecule has 98 valence electrons. The van der Waals surface area contributed by atoms with Gasteiger partial charge in [-0.15, -0.1) is 0 Å². The van der Waals surface area contributed by atoms with Gasteiger partial charge in [-0.3, -0.25) is 0 Å². The van der Waals surface area contributed by atoms with E-state index in [-0.39, 0.29) is 5.56 Å². The lowest BCUT2D eigenvalue weighted by molar-refractivity contribution is 0.0697. The van der Waals surface area contributed by atoms with Gasteiger partial charge in [0.15, 0.2) is 0 Å². The average Bonchev–Trinajstić information content (AvgIpc) is 2.36. The van der Waals surface area contributed by atoms with Gasteiger partial charge in [0.25, 0.3) is 0 Å². The highest BCUT2D eigenvalue weighted by Gasteiger charge is 2.17. The van der Waals surface area contributed by atoms with Gasteiger partial charge in [0.1, 0.15) is 0 Å². The summed E-state index contributed by atoms with van der Waals surface area (Å²) in [7, 11) is 0. The van der Waals surface area contributed by atoms with Crippen molar-refractivity contribution < 1.29 is 9.90 Å². The van der Waals surface area contributed by atoms with Gasteiger partial charge in [-0.25, -0.2) is 14.8 Å². The number of carboxylic acid groups (broad SMARTS) is 1. The molecule has 0 atom stereocenters. The van der Waals surface area contributed by atoms with Crippen LogP contribution in [0.15, 0.2) is 24.4 Å². The van der Waals surface area contributed by atoms with Gasteiger partial charge in [0.05, 0.1) is 11.1 Å². The number of fused-ring (bicyclic) bond motifs is 1. The van der Waals surface area contributed by atoms with E-state index in [9.17, 15) is 4.79 Å². The predicted octanol–water partition coefficient (Wildman–Crippen LogP) is 2.10. The van der Waals surface area contributed by atoms with Gasteiger partial charge in [-0.2, -0.15) is 11.8 Å². The molecule has 0 bridgehead atoms. The predicted molar refractivity (Wildman–Crippen MR) is 75.8 cm³/mol. The molecule has 5 nitrogen and oxygen atoms in total. The van der Waals surface area contributed by atoms with E-state index in [1.807, 2.05) is 11.8 Å². The summed E-state index contributed by atoms with van der Waals surface area (Å²) in [6.45, 7) is 0.895. The number of nitrogens with one attached hydrogen (secondary N) is 1. The smallest absolute Gasteiger partial charge is 0.335 e. The fraction of sp³-hybridized carbons (Fsp3) is 0.308. The number of anilines is 1. The van der Waals surface area contributed by atoms with Crippen LogP contribution in [0.25, 0.3) is 10.9 Å². The number of thioether (sulfide) groups is 1. The Balaban J connectivity index is 1.80. The van der Waals surface area contributed by atoms with Crippen molar-refractivity contribution >= 4 is 34.6 Å². The van der Waals surface area contributed by atoms with Crippen LogP contribution in [0.1, 0.15) is 10.4 Å². The summed E-state index contributed by atoms with van der Waals surface area (Å²) in [5.41, 5.74) is 1.01. The van der Waals surface area contributed by atoms with Gasteiger partial charge in [0.2, 0.25) is 5.95 Å². The van der Waals surface area contributed by atoms with E-state index in [0.717, 1.165) is 17.4 Å². The largest absolute Gasteiger partial charge is 0.478 e. The van der Waals surface area contributed by atoms with Crippen LogP contribution in [-0.2, 0) is 0 Å². The second-order valence-corrected chi connectivity index (χ2v) is 5.63. The van der Waals surface area contributed by atoms with E-state index >= 15 is 0 Å². The molecule has 1 aromatic carbocycles. The molecule has 0 aliphatic carbocycles. The zero-order valence-corrected chi connectivity index (χ0v) is 11.0. The number of carbonyl (C=O) groups is 1. The quantitative estimate of drug-likeness (QED) is 0.890. The summed E-state index contributed by atoms with van der Waals surface area (Å²) < 4.78 is 0. The van der Waals surface area contributed by atoms with E-state index in [2.05, 4.69) is 15.3 Å². The van der Waals surface area contributed by atoms with E-state index < -0.39 is 5.97 Å². The number of hydrogen-bond acceptors (Lipinski definition) is 5. The molecule has 2 N–H and O–H groups in total. The second kappa shape index (κ2) is 5.05. The van der Waals surface area contributed by atoms with Crippen LogP contribution in [0.3, 0.4) is 0 Å². The van der Waals surface area contributed by atoms with Crippen molar-refractivity contribution in [2.24, 2.45) is 5.92 Å². The van der Waals surface area contributed by atoms with Gasteiger partial charge < -0.3 is 10.4 Å². The highest BCUT2D eigenvalue weighted by molar-refractivity contribution is 8.00. The molecule has 0 radical (unpaired) electrons. The minimum atomic E-state index is -0.938. The first kappa shape index (κ1) is 12.2. The Kier molecular flexibility index (Phi) is 3.25. The zero-order chi connectivity index (χ0) is 13.2. The summed E-state index contributed by atoms with van der Waals surface area (Å²) in [6, 6.07) is 4.86. The molecule has 2 aromatic rings.